The van der Waals surface area contributed by atoms with E-state index in [2.05, 4.69) is 25.8 Å². The summed E-state index contributed by atoms with van der Waals surface area (Å²) in [5, 5.41) is 10.1. The number of ether oxygens (including phenoxy) is 2. The zero-order valence-electron chi connectivity index (χ0n) is 14.6. The molecule has 2 aromatic rings. The van der Waals surface area contributed by atoms with Crippen molar-refractivity contribution in [1.82, 2.24) is 20.8 Å². The van der Waals surface area contributed by atoms with Crippen LogP contribution in [-0.4, -0.2) is 50.0 Å². The number of hydrogen-bond acceptors (Lipinski definition) is 6. The molecule has 0 amide bonds. The molecule has 8 nitrogen and oxygen atoms in total. The molecule has 0 spiro atoms. The van der Waals surface area contributed by atoms with Crippen LogP contribution in [0.15, 0.2) is 33.8 Å². The summed E-state index contributed by atoms with van der Waals surface area (Å²) in [4.78, 5) is 8.30. The monoisotopic (exact) mass is 461 g/mol. The Kier molecular flexibility index (Phi) is 9.66. The SMILES string of the molecule is CN=C(NCCOc1ccc(OC)cc1)NCCc1nc(C)no1.I. The van der Waals surface area contributed by atoms with Crippen LogP contribution in [0.5, 0.6) is 11.5 Å². The minimum Gasteiger partial charge on any atom is -0.497 e. The van der Waals surface area contributed by atoms with Crippen LogP contribution in [0.1, 0.15) is 11.7 Å². The molecule has 0 radical (unpaired) electrons. The fourth-order valence-electron chi connectivity index (χ4n) is 1.96. The summed E-state index contributed by atoms with van der Waals surface area (Å²) < 4.78 is 15.8. The minimum absolute atomic E-state index is 0. The van der Waals surface area contributed by atoms with E-state index in [9.17, 15) is 0 Å². The maximum absolute atomic E-state index is 5.64. The van der Waals surface area contributed by atoms with E-state index in [-0.39, 0.29) is 24.0 Å². The highest BCUT2D eigenvalue weighted by Gasteiger charge is 2.03. The van der Waals surface area contributed by atoms with Crippen molar-refractivity contribution in [3.63, 3.8) is 0 Å². The summed E-state index contributed by atoms with van der Waals surface area (Å²) in [6.07, 6.45) is 0.643. The predicted molar refractivity (Wildman–Crippen MR) is 106 cm³/mol. The first-order valence-corrected chi connectivity index (χ1v) is 7.72. The average molecular weight is 461 g/mol. The summed E-state index contributed by atoms with van der Waals surface area (Å²) in [5.41, 5.74) is 0. The molecule has 0 saturated heterocycles. The normalized spacial score (nSPS) is 10.8. The van der Waals surface area contributed by atoms with Gasteiger partial charge in [-0.1, -0.05) is 5.16 Å². The summed E-state index contributed by atoms with van der Waals surface area (Å²) in [7, 11) is 3.36. The first kappa shape index (κ1) is 21.0. The zero-order valence-corrected chi connectivity index (χ0v) is 16.9. The quantitative estimate of drug-likeness (QED) is 0.268. The van der Waals surface area contributed by atoms with E-state index >= 15 is 0 Å². The first-order chi connectivity index (χ1) is 11.7. The lowest BCUT2D eigenvalue weighted by Gasteiger charge is -2.12. The molecule has 2 rings (SSSR count). The molecule has 2 N–H and O–H groups in total. The van der Waals surface area contributed by atoms with Crippen LogP contribution in [0.25, 0.3) is 0 Å². The number of guanidine groups is 1. The second-order valence-electron chi connectivity index (χ2n) is 4.94. The van der Waals surface area contributed by atoms with Crippen LogP contribution < -0.4 is 20.1 Å². The minimum atomic E-state index is 0. The number of hydrogen-bond donors (Lipinski definition) is 2. The lowest BCUT2D eigenvalue weighted by Crippen LogP contribution is -2.40. The largest absolute Gasteiger partial charge is 0.497 e. The Bertz CT molecular complexity index is 645. The van der Waals surface area contributed by atoms with Crippen molar-refractivity contribution in [2.45, 2.75) is 13.3 Å². The maximum Gasteiger partial charge on any atom is 0.228 e. The molecule has 138 valence electrons. The fourth-order valence-corrected chi connectivity index (χ4v) is 1.96. The highest BCUT2D eigenvalue weighted by Crippen LogP contribution is 2.16. The number of halogens is 1. The van der Waals surface area contributed by atoms with Gasteiger partial charge in [0.25, 0.3) is 0 Å². The van der Waals surface area contributed by atoms with Crippen LogP contribution in [-0.2, 0) is 6.42 Å². The van der Waals surface area contributed by atoms with Gasteiger partial charge < -0.3 is 24.6 Å². The first-order valence-electron chi connectivity index (χ1n) is 7.72. The number of aliphatic imine (C=N–C) groups is 1. The molecule has 0 saturated carbocycles. The molecule has 0 aliphatic rings. The van der Waals surface area contributed by atoms with E-state index in [0.29, 0.717) is 43.8 Å². The van der Waals surface area contributed by atoms with Crippen LogP contribution in [0.3, 0.4) is 0 Å². The third kappa shape index (κ3) is 7.59. The lowest BCUT2D eigenvalue weighted by molar-refractivity contribution is 0.321. The van der Waals surface area contributed by atoms with Crippen molar-refractivity contribution in [3.8, 4) is 11.5 Å². The Balaban J connectivity index is 0.00000312. The number of benzene rings is 1. The number of methoxy groups -OCH3 is 1. The van der Waals surface area contributed by atoms with E-state index in [1.54, 1.807) is 21.1 Å². The highest BCUT2D eigenvalue weighted by atomic mass is 127. The Morgan fingerprint density at radius 3 is 2.44 bits per heavy atom. The highest BCUT2D eigenvalue weighted by molar-refractivity contribution is 14.0. The van der Waals surface area contributed by atoms with Gasteiger partial charge in [0.1, 0.15) is 18.1 Å². The summed E-state index contributed by atoms with van der Waals surface area (Å²) >= 11 is 0. The van der Waals surface area contributed by atoms with Crippen LogP contribution in [0.4, 0.5) is 0 Å². The van der Waals surface area contributed by atoms with Gasteiger partial charge in [-0.2, -0.15) is 4.98 Å². The van der Waals surface area contributed by atoms with Crippen LogP contribution in [0, 0.1) is 6.92 Å². The van der Waals surface area contributed by atoms with Crippen LogP contribution in [0.2, 0.25) is 0 Å². The third-order valence-electron chi connectivity index (χ3n) is 3.15. The molecule has 0 atom stereocenters. The molecule has 0 aliphatic carbocycles. The molecule has 1 aromatic heterocycles. The number of nitrogens with zero attached hydrogens (tertiary/aromatic N) is 3. The maximum atomic E-state index is 5.64. The smallest absolute Gasteiger partial charge is 0.228 e. The molecule has 9 heteroatoms. The van der Waals surface area contributed by atoms with Crippen LogP contribution >= 0.6 is 24.0 Å². The van der Waals surface area contributed by atoms with Crippen molar-refractivity contribution in [1.29, 1.82) is 0 Å². The molecule has 1 heterocycles. The zero-order chi connectivity index (χ0) is 17.2. The van der Waals surface area contributed by atoms with E-state index < -0.39 is 0 Å². The molecule has 0 unspecified atom stereocenters. The van der Waals surface area contributed by atoms with Crippen molar-refractivity contribution >= 4 is 29.9 Å². The number of rotatable bonds is 8. The Morgan fingerprint density at radius 1 is 1.16 bits per heavy atom. The van der Waals surface area contributed by atoms with Gasteiger partial charge in [0.15, 0.2) is 11.8 Å². The van der Waals surface area contributed by atoms with Crippen molar-refractivity contribution in [2.75, 3.05) is 33.9 Å². The van der Waals surface area contributed by atoms with E-state index in [1.807, 2.05) is 24.3 Å². The molecule has 25 heavy (non-hydrogen) atoms. The molecule has 0 aliphatic heterocycles. The molecular formula is C16H24IN5O3. The van der Waals surface area contributed by atoms with Gasteiger partial charge in [0, 0.05) is 20.0 Å². The summed E-state index contributed by atoms with van der Waals surface area (Å²) in [6.45, 7) is 3.60. The van der Waals surface area contributed by atoms with Gasteiger partial charge in [0.05, 0.1) is 13.7 Å². The molecule has 0 fully saturated rings. The van der Waals surface area contributed by atoms with Gasteiger partial charge in [-0.25, -0.2) is 0 Å². The molecule has 0 bridgehead atoms. The lowest BCUT2D eigenvalue weighted by atomic mass is 10.3. The Hall–Kier alpha value is -2.04. The average Bonchev–Trinajstić information content (AvgIpc) is 3.02. The van der Waals surface area contributed by atoms with Gasteiger partial charge >= 0.3 is 0 Å². The molecule has 1 aromatic carbocycles. The summed E-state index contributed by atoms with van der Waals surface area (Å²) in [6, 6.07) is 7.47. The fraction of sp³-hybridized carbons (Fsp3) is 0.438. The topological polar surface area (TPSA) is 93.8 Å². The van der Waals surface area contributed by atoms with E-state index in [0.717, 1.165) is 11.5 Å². The van der Waals surface area contributed by atoms with Crippen molar-refractivity contribution in [3.05, 3.63) is 36.0 Å². The van der Waals surface area contributed by atoms with Gasteiger partial charge in [0.2, 0.25) is 5.89 Å². The summed E-state index contributed by atoms with van der Waals surface area (Å²) in [5.74, 6) is 3.56. The van der Waals surface area contributed by atoms with E-state index in [4.69, 9.17) is 14.0 Å². The Labute approximate surface area is 164 Å². The standard InChI is InChI=1S/C16H23N5O3.HI/c1-12-20-15(24-21-12)8-9-18-16(17-2)19-10-11-23-14-6-4-13(22-3)5-7-14;/h4-7H,8-11H2,1-3H3,(H2,17,18,19);1H. The predicted octanol–water partition coefficient (Wildman–Crippen LogP) is 1.79. The van der Waals surface area contributed by atoms with Gasteiger partial charge in [-0.05, 0) is 31.2 Å². The van der Waals surface area contributed by atoms with E-state index in [1.165, 1.54) is 0 Å². The number of aromatic nitrogens is 2. The third-order valence-corrected chi connectivity index (χ3v) is 3.15. The second kappa shape index (κ2) is 11.5. The van der Waals surface area contributed by atoms with Crippen molar-refractivity contribution < 1.29 is 14.0 Å². The second-order valence-corrected chi connectivity index (χ2v) is 4.94. The van der Waals surface area contributed by atoms with Gasteiger partial charge in [-0.15, -0.1) is 24.0 Å². The van der Waals surface area contributed by atoms with Gasteiger partial charge in [-0.3, -0.25) is 4.99 Å². The number of aryl methyl sites for hydroxylation is 1. The number of nitrogens with one attached hydrogen (secondary N) is 2. The molecular weight excluding hydrogens is 437 g/mol. The Morgan fingerprint density at radius 2 is 1.84 bits per heavy atom. The van der Waals surface area contributed by atoms with Crippen molar-refractivity contribution in [2.24, 2.45) is 4.99 Å².